The van der Waals surface area contributed by atoms with Gasteiger partial charge in [-0.15, -0.1) is 0 Å². The van der Waals surface area contributed by atoms with Gasteiger partial charge >= 0.3 is 12.1 Å². The van der Waals surface area contributed by atoms with Gasteiger partial charge in [-0.05, 0) is 32.8 Å². The van der Waals surface area contributed by atoms with Gasteiger partial charge in [-0.25, -0.2) is 4.79 Å². The van der Waals surface area contributed by atoms with Gasteiger partial charge in [0, 0.05) is 18.8 Å². The van der Waals surface area contributed by atoms with Crippen LogP contribution in [0.5, 0.6) is 0 Å². The largest absolute Gasteiger partial charge is 0.462 e. The fourth-order valence-corrected chi connectivity index (χ4v) is 2.16. The van der Waals surface area contributed by atoms with Crippen molar-refractivity contribution in [3.05, 3.63) is 22.9 Å². The van der Waals surface area contributed by atoms with E-state index in [1.165, 1.54) is 6.92 Å². The maximum absolute atomic E-state index is 12.6. The Hall–Kier alpha value is -2.30. The molecule has 0 spiro atoms. The summed E-state index contributed by atoms with van der Waals surface area (Å²) in [4.78, 5) is 24.9. The predicted molar refractivity (Wildman–Crippen MR) is 74.9 cm³/mol. The number of nitriles is 1. The second-order valence-corrected chi connectivity index (χ2v) is 4.91. The number of carbonyl (C=O) groups is 2. The third-order valence-corrected chi connectivity index (χ3v) is 3.38. The maximum Gasteiger partial charge on any atom is 0.455 e. The van der Waals surface area contributed by atoms with Crippen molar-refractivity contribution in [2.75, 3.05) is 19.7 Å². The summed E-state index contributed by atoms with van der Waals surface area (Å²) in [5.74, 6) is -3.71. The number of allylic oxidation sites excluding steroid dienone is 3. The maximum atomic E-state index is 12.6. The first-order valence-corrected chi connectivity index (χ1v) is 7.08. The summed E-state index contributed by atoms with van der Waals surface area (Å²) in [6, 6.07) is 1.75. The molecule has 1 aliphatic rings. The first-order valence-electron chi connectivity index (χ1n) is 7.08. The SMILES string of the molecule is CCOC(=O)/C(=C/C(C#N)=C(\C)N1CCCC1)C(=O)C(F)(F)F. The molecule has 0 saturated carbocycles. The number of likely N-dealkylation sites (tertiary alicyclic amines) is 1. The highest BCUT2D eigenvalue weighted by Crippen LogP contribution is 2.24. The van der Waals surface area contributed by atoms with Gasteiger partial charge in [0.15, 0.2) is 0 Å². The summed E-state index contributed by atoms with van der Waals surface area (Å²) in [7, 11) is 0. The van der Waals surface area contributed by atoms with Crippen molar-refractivity contribution in [1.29, 1.82) is 5.26 Å². The van der Waals surface area contributed by atoms with Crippen molar-refractivity contribution >= 4 is 11.8 Å². The van der Waals surface area contributed by atoms with Crippen LogP contribution in [-0.4, -0.2) is 42.5 Å². The topological polar surface area (TPSA) is 70.4 Å². The van der Waals surface area contributed by atoms with Gasteiger partial charge in [-0.2, -0.15) is 18.4 Å². The van der Waals surface area contributed by atoms with Crippen molar-refractivity contribution in [2.45, 2.75) is 32.9 Å². The van der Waals surface area contributed by atoms with Crippen LogP contribution in [0.4, 0.5) is 13.2 Å². The third-order valence-electron chi connectivity index (χ3n) is 3.38. The summed E-state index contributed by atoms with van der Waals surface area (Å²) in [6.45, 7) is 4.14. The second-order valence-electron chi connectivity index (χ2n) is 4.91. The van der Waals surface area contributed by atoms with Crippen molar-refractivity contribution in [3.63, 3.8) is 0 Å². The first kappa shape index (κ1) is 18.7. The molecule has 1 saturated heterocycles. The van der Waals surface area contributed by atoms with E-state index in [1.807, 2.05) is 4.90 Å². The van der Waals surface area contributed by atoms with Gasteiger partial charge in [-0.1, -0.05) is 0 Å². The molecule has 0 atom stereocenters. The zero-order valence-electron chi connectivity index (χ0n) is 12.9. The molecular weight excluding hydrogens is 313 g/mol. The molecular formula is C15H17F3N2O3. The lowest BCUT2D eigenvalue weighted by Crippen LogP contribution is -2.29. The molecule has 0 aromatic heterocycles. The van der Waals surface area contributed by atoms with Crippen LogP contribution in [0, 0.1) is 11.3 Å². The number of Topliss-reactive ketones (excluding diaryl/α,β-unsaturated/α-hetero) is 1. The third kappa shape index (κ3) is 4.84. The van der Waals surface area contributed by atoms with E-state index in [0.29, 0.717) is 24.9 Å². The second kappa shape index (κ2) is 7.81. The summed E-state index contributed by atoms with van der Waals surface area (Å²) in [5, 5.41) is 9.18. The number of rotatable bonds is 5. The molecule has 0 aromatic rings. The highest BCUT2D eigenvalue weighted by molar-refractivity contribution is 6.19. The van der Waals surface area contributed by atoms with Crippen LogP contribution in [0.2, 0.25) is 0 Å². The van der Waals surface area contributed by atoms with Crippen molar-refractivity contribution in [1.82, 2.24) is 4.90 Å². The normalized spacial score (nSPS) is 16.7. The Balaban J connectivity index is 3.30. The van der Waals surface area contributed by atoms with Gasteiger partial charge < -0.3 is 9.64 Å². The highest BCUT2D eigenvalue weighted by Gasteiger charge is 2.43. The van der Waals surface area contributed by atoms with Gasteiger partial charge in [0.05, 0.1) is 12.2 Å². The van der Waals surface area contributed by atoms with E-state index >= 15 is 0 Å². The summed E-state index contributed by atoms with van der Waals surface area (Å²) < 4.78 is 42.4. The van der Waals surface area contributed by atoms with Crippen LogP contribution in [-0.2, 0) is 14.3 Å². The van der Waals surface area contributed by atoms with Crippen LogP contribution in [0.25, 0.3) is 0 Å². The van der Waals surface area contributed by atoms with E-state index in [9.17, 15) is 28.0 Å². The molecule has 0 N–H and O–H groups in total. The minimum Gasteiger partial charge on any atom is -0.462 e. The lowest BCUT2D eigenvalue weighted by Gasteiger charge is -2.19. The summed E-state index contributed by atoms with van der Waals surface area (Å²) >= 11 is 0. The zero-order valence-corrected chi connectivity index (χ0v) is 12.9. The number of ketones is 1. The Bertz CT molecular complexity index is 580. The number of nitrogens with zero attached hydrogens (tertiary/aromatic N) is 2. The van der Waals surface area contributed by atoms with E-state index in [0.717, 1.165) is 12.8 Å². The van der Waals surface area contributed by atoms with Gasteiger partial charge in [0.1, 0.15) is 11.6 Å². The Kier molecular flexibility index (Phi) is 6.37. The molecule has 1 heterocycles. The van der Waals surface area contributed by atoms with Gasteiger partial charge in [0.25, 0.3) is 5.78 Å². The molecule has 0 bridgehead atoms. The molecule has 5 nitrogen and oxygen atoms in total. The highest BCUT2D eigenvalue weighted by atomic mass is 19.4. The Labute approximate surface area is 132 Å². The summed E-state index contributed by atoms with van der Waals surface area (Å²) in [6.07, 6.45) is -2.74. The van der Waals surface area contributed by atoms with Crippen LogP contribution in [0.1, 0.15) is 26.7 Å². The number of carbonyl (C=O) groups excluding carboxylic acids is 2. The van der Waals surface area contributed by atoms with Crippen LogP contribution < -0.4 is 0 Å². The minimum atomic E-state index is -5.22. The molecule has 1 rings (SSSR count). The van der Waals surface area contributed by atoms with E-state index in [2.05, 4.69) is 4.74 Å². The number of esters is 1. The lowest BCUT2D eigenvalue weighted by atomic mass is 10.1. The number of ether oxygens (including phenoxy) is 1. The molecule has 1 fully saturated rings. The van der Waals surface area contributed by atoms with Crippen molar-refractivity contribution in [2.24, 2.45) is 0 Å². The molecule has 23 heavy (non-hydrogen) atoms. The van der Waals surface area contributed by atoms with E-state index in [1.54, 1.807) is 13.0 Å². The molecule has 0 radical (unpaired) electrons. The Morgan fingerprint density at radius 3 is 2.30 bits per heavy atom. The number of hydrogen-bond acceptors (Lipinski definition) is 5. The molecule has 1 aliphatic heterocycles. The predicted octanol–water partition coefficient (Wildman–Crippen LogP) is 2.50. The van der Waals surface area contributed by atoms with Crippen LogP contribution in [0.15, 0.2) is 22.9 Å². The smallest absolute Gasteiger partial charge is 0.455 e. The quantitative estimate of drug-likeness (QED) is 0.193. The number of hydrogen-bond donors (Lipinski definition) is 0. The van der Waals surface area contributed by atoms with E-state index in [-0.39, 0.29) is 12.2 Å². The lowest BCUT2D eigenvalue weighted by molar-refractivity contribution is -0.168. The molecule has 8 heteroatoms. The standard InChI is InChI=1S/C15H17F3N2O3/c1-3-23-14(22)12(13(21)15(16,17)18)8-11(9-19)10(2)20-6-4-5-7-20/h8H,3-7H2,1-2H3/b11-10-,12-8+. The van der Waals surface area contributed by atoms with Gasteiger partial charge in [-0.3, -0.25) is 4.79 Å². The Morgan fingerprint density at radius 2 is 1.87 bits per heavy atom. The minimum absolute atomic E-state index is 0.160. The van der Waals surface area contributed by atoms with Crippen molar-refractivity contribution < 1.29 is 27.5 Å². The first-order chi connectivity index (χ1) is 10.7. The van der Waals surface area contributed by atoms with E-state index < -0.39 is 23.5 Å². The van der Waals surface area contributed by atoms with E-state index in [4.69, 9.17) is 0 Å². The fraction of sp³-hybridized carbons (Fsp3) is 0.533. The van der Waals surface area contributed by atoms with Crippen LogP contribution in [0.3, 0.4) is 0 Å². The molecule has 0 amide bonds. The van der Waals surface area contributed by atoms with Crippen LogP contribution >= 0.6 is 0 Å². The average Bonchev–Trinajstić information content (AvgIpc) is 3.00. The number of halogens is 3. The summed E-state index contributed by atoms with van der Waals surface area (Å²) in [5.41, 5.74) is -0.913. The van der Waals surface area contributed by atoms with Gasteiger partial charge in [0.2, 0.25) is 0 Å². The Morgan fingerprint density at radius 1 is 1.30 bits per heavy atom. The fourth-order valence-electron chi connectivity index (χ4n) is 2.16. The van der Waals surface area contributed by atoms with Crippen molar-refractivity contribution in [3.8, 4) is 6.07 Å². The average molecular weight is 330 g/mol. The molecule has 0 unspecified atom stereocenters. The monoisotopic (exact) mass is 330 g/mol. The molecule has 0 aliphatic carbocycles. The number of alkyl halides is 3. The zero-order chi connectivity index (χ0) is 17.6. The molecule has 0 aromatic carbocycles. The molecule has 126 valence electrons.